The highest BCUT2D eigenvalue weighted by molar-refractivity contribution is 5.43. The van der Waals surface area contributed by atoms with Gasteiger partial charge in [0.25, 0.3) is 0 Å². The summed E-state index contributed by atoms with van der Waals surface area (Å²) in [6, 6.07) is 4.93. The molecule has 1 aliphatic rings. The summed E-state index contributed by atoms with van der Waals surface area (Å²) in [5.41, 5.74) is 2.36. The van der Waals surface area contributed by atoms with E-state index in [-0.39, 0.29) is 0 Å². The maximum Gasteiger partial charge on any atom is 0.0564 e. The summed E-state index contributed by atoms with van der Waals surface area (Å²) in [5, 5.41) is 3.43. The van der Waals surface area contributed by atoms with Gasteiger partial charge in [0.2, 0.25) is 0 Å². The van der Waals surface area contributed by atoms with Gasteiger partial charge in [0, 0.05) is 37.6 Å². The normalized spacial score (nSPS) is 20.3. The fraction of sp³-hybridized carbons (Fsp3) is 0.688. The van der Waals surface area contributed by atoms with Crippen molar-refractivity contribution in [3.05, 3.63) is 24.0 Å². The van der Waals surface area contributed by atoms with E-state index in [1.165, 1.54) is 30.8 Å². The van der Waals surface area contributed by atoms with Gasteiger partial charge in [-0.2, -0.15) is 0 Å². The molecule has 20 heavy (non-hydrogen) atoms. The minimum Gasteiger partial charge on any atom is -0.385 e. The number of hydrogen-bond acceptors (Lipinski definition) is 4. The summed E-state index contributed by atoms with van der Waals surface area (Å²) in [4.78, 5) is 9.39. The Labute approximate surface area is 123 Å². The fourth-order valence-corrected chi connectivity index (χ4v) is 2.77. The topological polar surface area (TPSA) is 31.4 Å². The molecule has 1 fully saturated rings. The molecule has 1 N–H and O–H groups in total. The van der Waals surface area contributed by atoms with Crippen molar-refractivity contribution in [2.75, 3.05) is 39.0 Å². The lowest BCUT2D eigenvalue weighted by Crippen LogP contribution is -2.44. The Balaban J connectivity index is 1.92. The highest BCUT2D eigenvalue weighted by atomic mass is 15.2. The van der Waals surface area contributed by atoms with E-state index in [0.29, 0.717) is 6.04 Å². The van der Waals surface area contributed by atoms with Crippen molar-refractivity contribution in [1.29, 1.82) is 0 Å². The van der Waals surface area contributed by atoms with Gasteiger partial charge in [-0.15, -0.1) is 0 Å². The average molecular weight is 276 g/mol. The molecule has 1 aliphatic heterocycles. The van der Waals surface area contributed by atoms with E-state index < -0.39 is 0 Å². The van der Waals surface area contributed by atoms with Crippen LogP contribution in [0, 0.1) is 0 Å². The minimum absolute atomic E-state index is 0.685. The molecule has 1 aromatic rings. The van der Waals surface area contributed by atoms with Gasteiger partial charge in [-0.1, -0.05) is 6.92 Å². The molecule has 0 radical (unpaired) electrons. The standard InChI is InChI=1S/C16H28N4/c1-4-8-17-14-7-9-18-15(11-14)12-20-10-5-6-16(13-20)19(2)3/h7,9,11,16H,4-6,8,10,12-13H2,1-3H3,(H,17,18). The lowest BCUT2D eigenvalue weighted by molar-refractivity contribution is 0.127. The second-order valence-electron chi connectivity index (χ2n) is 5.96. The summed E-state index contributed by atoms with van der Waals surface area (Å²) < 4.78 is 0. The average Bonchev–Trinajstić information content (AvgIpc) is 2.46. The van der Waals surface area contributed by atoms with E-state index in [0.717, 1.165) is 26.1 Å². The first-order valence-electron chi connectivity index (χ1n) is 7.76. The first-order valence-corrected chi connectivity index (χ1v) is 7.76. The zero-order chi connectivity index (χ0) is 14.4. The molecule has 1 saturated heterocycles. The first kappa shape index (κ1) is 15.3. The number of rotatable bonds is 6. The first-order chi connectivity index (χ1) is 9.69. The molecule has 0 bridgehead atoms. The van der Waals surface area contributed by atoms with Crippen molar-refractivity contribution in [3.63, 3.8) is 0 Å². The second-order valence-corrected chi connectivity index (χ2v) is 5.96. The Morgan fingerprint density at radius 3 is 3.05 bits per heavy atom. The number of aromatic nitrogens is 1. The van der Waals surface area contributed by atoms with E-state index in [1.807, 2.05) is 6.20 Å². The van der Waals surface area contributed by atoms with Gasteiger partial charge in [-0.25, -0.2) is 0 Å². The molecule has 0 amide bonds. The summed E-state index contributed by atoms with van der Waals surface area (Å²) in [7, 11) is 4.36. The maximum atomic E-state index is 4.52. The predicted molar refractivity (Wildman–Crippen MR) is 85.0 cm³/mol. The molecule has 4 heteroatoms. The monoisotopic (exact) mass is 276 g/mol. The smallest absolute Gasteiger partial charge is 0.0564 e. The molecule has 0 aromatic carbocycles. The maximum absolute atomic E-state index is 4.52. The number of nitrogens with one attached hydrogen (secondary N) is 1. The van der Waals surface area contributed by atoms with E-state index in [9.17, 15) is 0 Å². The summed E-state index contributed by atoms with van der Waals surface area (Å²) >= 11 is 0. The third kappa shape index (κ3) is 4.46. The number of likely N-dealkylation sites (tertiary alicyclic amines) is 1. The molecule has 2 heterocycles. The van der Waals surface area contributed by atoms with Gasteiger partial charge in [-0.05, 0) is 52.0 Å². The van der Waals surface area contributed by atoms with Crippen LogP contribution in [0.3, 0.4) is 0 Å². The molecule has 4 nitrogen and oxygen atoms in total. The molecule has 1 unspecified atom stereocenters. The highest BCUT2D eigenvalue weighted by Gasteiger charge is 2.21. The zero-order valence-corrected chi connectivity index (χ0v) is 13.1. The summed E-state index contributed by atoms with van der Waals surface area (Å²) in [6.45, 7) is 6.52. The minimum atomic E-state index is 0.685. The Hall–Kier alpha value is -1.13. The molecular formula is C16H28N4. The van der Waals surface area contributed by atoms with E-state index in [1.54, 1.807) is 0 Å². The third-order valence-corrected chi connectivity index (χ3v) is 3.99. The van der Waals surface area contributed by atoms with Gasteiger partial charge >= 0.3 is 0 Å². The van der Waals surface area contributed by atoms with Crippen LogP contribution in [0.15, 0.2) is 18.3 Å². The van der Waals surface area contributed by atoms with E-state index >= 15 is 0 Å². The summed E-state index contributed by atoms with van der Waals surface area (Å²) in [6.07, 6.45) is 5.67. The molecule has 0 saturated carbocycles. The molecule has 112 valence electrons. The van der Waals surface area contributed by atoms with Crippen LogP contribution in [-0.4, -0.2) is 54.6 Å². The molecule has 0 aliphatic carbocycles. The van der Waals surface area contributed by atoms with Gasteiger partial charge in [0.1, 0.15) is 0 Å². The quantitative estimate of drug-likeness (QED) is 0.864. The van der Waals surface area contributed by atoms with Crippen molar-refractivity contribution in [3.8, 4) is 0 Å². The van der Waals surface area contributed by atoms with Gasteiger partial charge in [0.15, 0.2) is 0 Å². The highest BCUT2D eigenvalue weighted by Crippen LogP contribution is 2.17. The predicted octanol–water partition coefficient (Wildman–Crippen LogP) is 2.43. The van der Waals surface area contributed by atoms with Crippen LogP contribution in [0.4, 0.5) is 5.69 Å². The molecule has 1 aromatic heterocycles. The Morgan fingerprint density at radius 1 is 1.45 bits per heavy atom. The Kier molecular flexibility index (Phi) is 5.80. The van der Waals surface area contributed by atoms with Crippen molar-refractivity contribution in [2.24, 2.45) is 0 Å². The summed E-state index contributed by atoms with van der Waals surface area (Å²) in [5.74, 6) is 0. The largest absolute Gasteiger partial charge is 0.385 e. The molecule has 1 atom stereocenters. The number of pyridine rings is 1. The fourth-order valence-electron chi connectivity index (χ4n) is 2.77. The number of hydrogen-bond donors (Lipinski definition) is 1. The van der Waals surface area contributed by atoms with Crippen LogP contribution < -0.4 is 5.32 Å². The lowest BCUT2D eigenvalue weighted by atomic mass is 10.0. The number of nitrogens with zero attached hydrogens (tertiary/aromatic N) is 3. The zero-order valence-electron chi connectivity index (χ0n) is 13.1. The molecular weight excluding hydrogens is 248 g/mol. The van der Waals surface area contributed by atoms with E-state index in [4.69, 9.17) is 0 Å². The van der Waals surface area contributed by atoms with Crippen LogP contribution in [-0.2, 0) is 6.54 Å². The van der Waals surface area contributed by atoms with Gasteiger partial charge < -0.3 is 10.2 Å². The van der Waals surface area contributed by atoms with Crippen molar-refractivity contribution >= 4 is 5.69 Å². The van der Waals surface area contributed by atoms with E-state index in [2.05, 4.69) is 53.3 Å². The Bertz CT molecular complexity index is 405. The second kappa shape index (κ2) is 7.60. The number of piperidine rings is 1. The van der Waals surface area contributed by atoms with Gasteiger partial charge in [0.05, 0.1) is 5.69 Å². The Morgan fingerprint density at radius 2 is 2.30 bits per heavy atom. The van der Waals surface area contributed by atoms with Crippen molar-refractivity contribution < 1.29 is 0 Å². The third-order valence-electron chi connectivity index (χ3n) is 3.99. The van der Waals surface area contributed by atoms with Crippen LogP contribution in [0.5, 0.6) is 0 Å². The van der Waals surface area contributed by atoms with Crippen LogP contribution >= 0.6 is 0 Å². The molecule has 0 spiro atoms. The number of anilines is 1. The SMILES string of the molecule is CCCNc1ccnc(CN2CCCC(N(C)C)C2)c1. The van der Waals surface area contributed by atoms with Crippen LogP contribution in [0.1, 0.15) is 31.9 Å². The molecule has 2 rings (SSSR count). The van der Waals surface area contributed by atoms with Crippen molar-refractivity contribution in [2.45, 2.75) is 38.8 Å². The van der Waals surface area contributed by atoms with Gasteiger partial charge in [-0.3, -0.25) is 9.88 Å². The van der Waals surface area contributed by atoms with Crippen LogP contribution in [0.25, 0.3) is 0 Å². The lowest BCUT2D eigenvalue weighted by Gasteiger charge is -2.35. The van der Waals surface area contributed by atoms with Crippen molar-refractivity contribution in [1.82, 2.24) is 14.8 Å². The van der Waals surface area contributed by atoms with Crippen LogP contribution in [0.2, 0.25) is 0 Å². The number of likely N-dealkylation sites (N-methyl/N-ethyl adjacent to an activating group) is 1.